The van der Waals surface area contributed by atoms with E-state index in [9.17, 15) is 9.59 Å². The topological polar surface area (TPSA) is 68.3 Å². The highest BCUT2D eigenvalue weighted by atomic mass is 32.2. The van der Waals surface area contributed by atoms with Crippen LogP contribution in [-0.2, 0) is 9.53 Å². The molecule has 0 spiro atoms. The Morgan fingerprint density at radius 3 is 2.68 bits per heavy atom. The van der Waals surface area contributed by atoms with E-state index in [2.05, 4.69) is 10.3 Å². The molecule has 1 aromatic carbocycles. The van der Waals surface area contributed by atoms with Crippen molar-refractivity contribution in [3.05, 3.63) is 76.1 Å². The highest BCUT2D eigenvalue weighted by Gasteiger charge is 2.17. The van der Waals surface area contributed by atoms with Crippen LogP contribution in [0.15, 0.2) is 70.0 Å². The number of esters is 1. The molecule has 0 radical (unpaired) electrons. The van der Waals surface area contributed by atoms with Gasteiger partial charge in [0.25, 0.3) is 5.91 Å². The first-order valence-electron chi connectivity index (χ1n) is 8.72. The van der Waals surface area contributed by atoms with Crippen LogP contribution in [-0.4, -0.2) is 23.5 Å². The summed E-state index contributed by atoms with van der Waals surface area (Å²) in [6, 6.07) is 15.0. The van der Waals surface area contributed by atoms with Gasteiger partial charge in [-0.1, -0.05) is 35.5 Å². The zero-order valence-electron chi connectivity index (χ0n) is 15.5. The Bertz CT molecular complexity index is 941. The lowest BCUT2D eigenvalue weighted by Gasteiger charge is -2.13. The summed E-state index contributed by atoms with van der Waals surface area (Å²) < 4.78 is 5.20. The molecule has 0 bridgehead atoms. The van der Waals surface area contributed by atoms with Crippen molar-refractivity contribution in [1.82, 2.24) is 10.3 Å². The maximum atomic E-state index is 12.5. The van der Waals surface area contributed by atoms with Gasteiger partial charge in [0.05, 0.1) is 11.6 Å². The minimum Gasteiger partial charge on any atom is -0.452 e. The number of nitrogens with zero attached hydrogens (tertiary/aromatic N) is 1. The maximum Gasteiger partial charge on any atom is 0.341 e. The third kappa shape index (κ3) is 5.43. The van der Waals surface area contributed by atoms with E-state index in [0.717, 1.165) is 15.3 Å². The van der Waals surface area contributed by atoms with Gasteiger partial charge in [0, 0.05) is 16.0 Å². The van der Waals surface area contributed by atoms with Gasteiger partial charge >= 0.3 is 5.97 Å². The molecule has 0 aliphatic rings. The van der Waals surface area contributed by atoms with E-state index < -0.39 is 5.97 Å². The summed E-state index contributed by atoms with van der Waals surface area (Å²) in [5.74, 6) is -0.910. The van der Waals surface area contributed by atoms with Gasteiger partial charge < -0.3 is 10.1 Å². The van der Waals surface area contributed by atoms with Gasteiger partial charge in [0.1, 0.15) is 5.03 Å². The van der Waals surface area contributed by atoms with E-state index in [4.69, 9.17) is 4.74 Å². The summed E-state index contributed by atoms with van der Waals surface area (Å²) in [6.07, 6.45) is 1.63. The van der Waals surface area contributed by atoms with Crippen LogP contribution < -0.4 is 5.32 Å². The second-order valence-electron chi connectivity index (χ2n) is 6.15. The first-order chi connectivity index (χ1) is 13.5. The van der Waals surface area contributed by atoms with Gasteiger partial charge in [-0.3, -0.25) is 4.79 Å². The molecule has 0 unspecified atom stereocenters. The Kier molecular flexibility index (Phi) is 6.84. The molecule has 2 heterocycles. The van der Waals surface area contributed by atoms with Crippen molar-refractivity contribution in [2.45, 2.75) is 29.8 Å². The first-order valence-corrected chi connectivity index (χ1v) is 10.4. The summed E-state index contributed by atoms with van der Waals surface area (Å²) in [6.45, 7) is 3.57. The number of benzene rings is 1. The van der Waals surface area contributed by atoms with E-state index in [1.54, 1.807) is 29.7 Å². The number of carbonyl (C=O) groups excluding carboxylic acids is 2. The van der Waals surface area contributed by atoms with Crippen molar-refractivity contribution >= 4 is 35.0 Å². The quantitative estimate of drug-likeness (QED) is 0.573. The number of nitrogens with one attached hydrogen (secondary N) is 1. The van der Waals surface area contributed by atoms with Crippen molar-refractivity contribution < 1.29 is 14.3 Å². The number of hydrogen-bond donors (Lipinski definition) is 1. The fraction of sp³-hybridized carbons (Fsp3) is 0.190. The largest absolute Gasteiger partial charge is 0.452 e. The van der Waals surface area contributed by atoms with Crippen LogP contribution in [0.2, 0.25) is 0 Å². The molecule has 0 aliphatic heterocycles. The minimum absolute atomic E-state index is 0.128. The fourth-order valence-corrected chi connectivity index (χ4v) is 4.05. The third-order valence-corrected chi connectivity index (χ3v) is 5.99. The number of aromatic nitrogens is 1. The van der Waals surface area contributed by atoms with Crippen molar-refractivity contribution in [2.24, 2.45) is 0 Å². The Morgan fingerprint density at radius 1 is 1.18 bits per heavy atom. The lowest BCUT2D eigenvalue weighted by atomic mass is 10.2. The van der Waals surface area contributed by atoms with Gasteiger partial charge in [-0.05, 0) is 49.6 Å². The molecule has 28 heavy (non-hydrogen) atoms. The Labute approximate surface area is 172 Å². The van der Waals surface area contributed by atoms with E-state index in [0.29, 0.717) is 10.6 Å². The molecule has 1 atom stereocenters. The monoisotopic (exact) mass is 412 g/mol. The minimum atomic E-state index is -0.568. The van der Waals surface area contributed by atoms with Gasteiger partial charge in [0.15, 0.2) is 6.61 Å². The Hall–Kier alpha value is -2.64. The standard InChI is InChI=1S/C21H20N2O3S2/c1-14-7-9-16(10-8-14)28-20-17(5-3-11-22-20)21(25)26-13-19(24)23-15(2)18-6-4-12-27-18/h3-12,15H,13H2,1-2H3,(H,23,24)/t15-/m1/s1. The smallest absolute Gasteiger partial charge is 0.341 e. The summed E-state index contributed by atoms with van der Waals surface area (Å²) in [5.41, 5.74) is 1.50. The number of amides is 1. The van der Waals surface area contributed by atoms with E-state index in [-0.39, 0.29) is 18.6 Å². The lowest BCUT2D eigenvalue weighted by Crippen LogP contribution is -2.30. The van der Waals surface area contributed by atoms with Gasteiger partial charge in [-0.15, -0.1) is 11.3 Å². The lowest BCUT2D eigenvalue weighted by molar-refractivity contribution is -0.124. The molecule has 5 nitrogen and oxygen atoms in total. The molecule has 1 N–H and O–H groups in total. The predicted octanol–water partition coefficient (Wildman–Crippen LogP) is 4.64. The average Bonchev–Trinajstić information content (AvgIpc) is 3.23. The molecule has 0 saturated carbocycles. The van der Waals surface area contributed by atoms with Crippen LogP contribution in [0.1, 0.15) is 33.8 Å². The third-order valence-electron chi connectivity index (χ3n) is 3.91. The zero-order chi connectivity index (χ0) is 19.9. The predicted molar refractivity (Wildman–Crippen MR) is 111 cm³/mol. The SMILES string of the molecule is Cc1ccc(Sc2ncccc2C(=O)OCC(=O)N[C@H](C)c2cccs2)cc1. The van der Waals surface area contributed by atoms with Gasteiger partial charge in [-0.2, -0.15) is 0 Å². The summed E-state index contributed by atoms with van der Waals surface area (Å²) >= 11 is 2.95. The Balaban J connectivity index is 1.59. The molecule has 1 amide bonds. The van der Waals surface area contributed by atoms with Gasteiger partial charge in [0.2, 0.25) is 0 Å². The highest BCUT2D eigenvalue weighted by Crippen LogP contribution is 2.29. The van der Waals surface area contributed by atoms with Crippen LogP contribution in [0.3, 0.4) is 0 Å². The van der Waals surface area contributed by atoms with Crippen LogP contribution >= 0.6 is 23.1 Å². The molecular weight excluding hydrogens is 392 g/mol. The molecule has 3 aromatic rings. The number of rotatable bonds is 7. The molecular formula is C21H20N2O3S2. The number of ether oxygens (including phenoxy) is 1. The molecule has 0 saturated heterocycles. The van der Waals surface area contributed by atoms with Crippen LogP contribution in [0, 0.1) is 6.92 Å². The molecule has 2 aromatic heterocycles. The number of aryl methyl sites for hydroxylation is 1. The molecule has 0 fully saturated rings. The number of carbonyl (C=O) groups is 2. The zero-order valence-corrected chi connectivity index (χ0v) is 17.2. The number of thiophene rings is 1. The maximum absolute atomic E-state index is 12.5. The average molecular weight is 413 g/mol. The molecule has 7 heteroatoms. The van der Waals surface area contributed by atoms with E-state index >= 15 is 0 Å². The van der Waals surface area contributed by atoms with Gasteiger partial charge in [-0.25, -0.2) is 9.78 Å². The second kappa shape index (κ2) is 9.52. The summed E-state index contributed by atoms with van der Waals surface area (Å²) in [5, 5.41) is 5.32. The normalized spacial score (nSPS) is 11.6. The summed E-state index contributed by atoms with van der Waals surface area (Å²) in [7, 11) is 0. The molecule has 0 aliphatic carbocycles. The van der Waals surface area contributed by atoms with E-state index in [1.165, 1.54) is 11.8 Å². The number of hydrogen-bond acceptors (Lipinski definition) is 6. The van der Waals surface area contributed by atoms with E-state index in [1.807, 2.05) is 55.6 Å². The first kappa shape index (κ1) is 20.1. The van der Waals surface area contributed by atoms with Crippen LogP contribution in [0.5, 0.6) is 0 Å². The highest BCUT2D eigenvalue weighted by molar-refractivity contribution is 7.99. The fourth-order valence-electron chi connectivity index (χ4n) is 2.45. The van der Waals surface area contributed by atoms with Crippen molar-refractivity contribution in [1.29, 1.82) is 0 Å². The molecule has 144 valence electrons. The van der Waals surface area contributed by atoms with Crippen LogP contribution in [0.4, 0.5) is 0 Å². The van der Waals surface area contributed by atoms with Crippen molar-refractivity contribution in [2.75, 3.05) is 6.61 Å². The van der Waals surface area contributed by atoms with Crippen LogP contribution in [0.25, 0.3) is 0 Å². The summed E-state index contributed by atoms with van der Waals surface area (Å²) in [4.78, 5) is 30.9. The van der Waals surface area contributed by atoms with Crippen molar-refractivity contribution in [3.8, 4) is 0 Å². The molecule has 3 rings (SSSR count). The van der Waals surface area contributed by atoms with Crippen molar-refractivity contribution in [3.63, 3.8) is 0 Å². The Morgan fingerprint density at radius 2 is 1.96 bits per heavy atom. The number of pyridine rings is 1. The second-order valence-corrected chi connectivity index (χ2v) is 8.19.